The van der Waals surface area contributed by atoms with Crippen molar-refractivity contribution in [2.75, 3.05) is 0 Å². The Bertz CT molecular complexity index is 695. The monoisotopic (exact) mass is 263 g/mol. The Kier molecular flexibility index (Phi) is 3.72. The van der Waals surface area contributed by atoms with E-state index in [9.17, 15) is 0 Å². The summed E-state index contributed by atoms with van der Waals surface area (Å²) >= 11 is 0. The lowest BCUT2D eigenvalue weighted by Crippen LogP contribution is -2.29. The first-order valence-electron chi connectivity index (χ1n) is 6.70. The van der Waals surface area contributed by atoms with Crippen molar-refractivity contribution in [3.8, 4) is 0 Å². The Morgan fingerprint density at radius 3 is 2.60 bits per heavy atom. The minimum atomic E-state index is 0.0869. The van der Waals surface area contributed by atoms with Gasteiger partial charge in [-0.15, -0.1) is 0 Å². The molecule has 0 aliphatic heterocycles. The number of nitrogens with zero attached hydrogens (tertiary/aromatic N) is 1. The highest BCUT2D eigenvalue weighted by Crippen LogP contribution is 2.22. The van der Waals surface area contributed by atoms with Gasteiger partial charge in [0.2, 0.25) is 0 Å². The van der Waals surface area contributed by atoms with Gasteiger partial charge in [-0.2, -0.15) is 0 Å². The second-order valence-corrected chi connectivity index (χ2v) is 4.89. The third kappa shape index (κ3) is 2.69. The van der Waals surface area contributed by atoms with Crippen LogP contribution >= 0.6 is 0 Å². The molecule has 3 rings (SSSR count). The van der Waals surface area contributed by atoms with Crippen molar-refractivity contribution in [2.45, 2.75) is 12.5 Å². The van der Waals surface area contributed by atoms with Gasteiger partial charge in [0, 0.05) is 12.4 Å². The van der Waals surface area contributed by atoms with Crippen LogP contribution in [0, 0.1) is 0 Å². The molecule has 1 heterocycles. The number of pyridine rings is 1. The van der Waals surface area contributed by atoms with Crippen LogP contribution < -0.4 is 11.3 Å². The van der Waals surface area contributed by atoms with E-state index in [0.717, 1.165) is 6.42 Å². The van der Waals surface area contributed by atoms with Crippen LogP contribution in [-0.4, -0.2) is 4.98 Å². The van der Waals surface area contributed by atoms with E-state index in [2.05, 4.69) is 58.9 Å². The van der Waals surface area contributed by atoms with Crippen LogP contribution in [0.25, 0.3) is 10.8 Å². The number of fused-ring (bicyclic) bond motifs is 1. The molecular formula is C17H17N3. The zero-order valence-electron chi connectivity index (χ0n) is 11.2. The van der Waals surface area contributed by atoms with E-state index >= 15 is 0 Å². The highest BCUT2D eigenvalue weighted by atomic mass is 15.2. The highest BCUT2D eigenvalue weighted by molar-refractivity contribution is 5.83. The topological polar surface area (TPSA) is 50.9 Å². The number of aromatic nitrogens is 1. The molecule has 3 aromatic rings. The number of hydrogen-bond donors (Lipinski definition) is 2. The molecule has 0 aliphatic rings. The molecule has 0 saturated carbocycles. The average molecular weight is 263 g/mol. The van der Waals surface area contributed by atoms with E-state index in [-0.39, 0.29) is 6.04 Å². The van der Waals surface area contributed by atoms with Gasteiger partial charge in [0.05, 0.1) is 6.04 Å². The Morgan fingerprint density at radius 2 is 1.85 bits per heavy atom. The largest absolute Gasteiger partial charge is 0.271 e. The van der Waals surface area contributed by atoms with Crippen molar-refractivity contribution in [1.82, 2.24) is 10.4 Å². The van der Waals surface area contributed by atoms with Crippen LogP contribution in [0.4, 0.5) is 0 Å². The summed E-state index contributed by atoms with van der Waals surface area (Å²) in [5.74, 6) is 5.73. The maximum absolute atomic E-state index is 5.73. The lowest BCUT2D eigenvalue weighted by atomic mass is 9.98. The molecular weight excluding hydrogens is 246 g/mol. The van der Waals surface area contributed by atoms with Crippen molar-refractivity contribution in [1.29, 1.82) is 0 Å². The van der Waals surface area contributed by atoms with Crippen LogP contribution in [0.15, 0.2) is 67.0 Å². The standard InChI is InChI=1S/C17H17N3/c18-20-17(10-13-4-3-9-19-12-13)16-8-7-14-5-1-2-6-15(14)11-16/h1-9,11-12,17,20H,10,18H2. The van der Waals surface area contributed by atoms with E-state index in [1.807, 2.05) is 12.3 Å². The van der Waals surface area contributed by atoms with Gasteiger partial charge in [0.15, 0.2) is 0 Å². The normalized spacial score (nSPS) is 12.4. The van der Waals surface area contributed by atoms with Gasteiger partial charge in [-0.3, -0.25) is 16.3 Å². The molecule has 0 saturated heterocycles. The molecule has 2 aromatic carbocycles. The van der Waals surface area contributed by atoms with Crippen LogP contribution in [0.1, 0.15) is 17.2 Å². The average Bonchev–Trinajstić information content (AvgIpc) is 2.53. The maximum Gasteiger partial charge on any atom is 0.0501 e. The molecule has 0 bridgehead atoms. The summed E-state index contributed by atoms with van der Waals surface area (Å²) in [7, 11) is 0. The van der Waals surface area contributed by atoms with Crippen LogP contribution in [0.3, 0.4) is 0 Å². The summed E-state index contributed by atoms with van der Waals surface area (Å²) in [6.45, 7) is 0. The Hall–Kier alpha value is -2.23. The third-order valence-electron chi connectivity index (χ3n) is 3.54. The summed E-state index contributed by atoms with van der Waals surface area (Å²) in [6.07, 6.45) is 4.48. The van der Waals surface area contributed by atoms with Crippen molar-refractivity contribution in [3.63, 3.8) is 0 Å². The molecule has 0 radical (unpaired) electrons. The van der Waals surface area contributed by atoms with Gasteiger partial charge in [0.1, 0.15) is 0 Å². The Labute approximate surface area is 118 Å². The van der Waals surface area contributed by atoms with E-state index < -0.39 is 0 Å². The SMILES string of the molecule is NNC(Cc1cccnc1)c1ccc2ccccc2c1. The molecule has 1 aromatic heterocycles. The summed E-state index contributed by atoms with van der Waals surface area (Å²) in [5.41, 5.74) is 5.26. The molecule has 3 heteroatoms. The molecule has 3 N–H and O–H groups in total. The Morgan fingerprint density at radius 1 is 1.00 bits per heavy atom. The van der Waals surface area contributed by atoms with Gasteiger partial charge in [-0.25, -0.2) is 0 Å². The molecule has 0 fully saturated rings. The lowest BCUT2D eigenvalue weighted by molar-refractivity contribution is 0.552. The van der Waals surface area contributed by atoms with E-state index in [1.165, 1.54) is 21.9 Å². The molecule has 0 aliphatic carbocycles. The Balaban J connectivity index is 1.91. The molecule has 100 valence electrons. The second-order valence-electron chi connectivity index (χ2n) is 4.89. The smallest absolute Gasteiger partial charge is 0.0501 e. The van der Waals surface area contributed by atoms with Crippen molar-refractivity contribution < 1.29 is 0 Å². The predicted molar refractivity (Wildman–Crippen MR) is 82.0 cm³/mol. The molecule has 1 unspecified atom stereocenters. The van der Waals surface area contributed by atoms with Gasteiger partial charge in [-0.05, 0) is 40.5 Å². The quantitative estimate of drug-likeness (QED) is 0.562. The maximum atomic E-state index is 5.73. The van der Waals surface area contributed by atoms with Crippen molar-refractivity contribution >= 4 is 10.8 Å². The number of rotatable bonds is 4. The van der Waals surface area contributed by atoms with Crippen LogP contribution in [0.5, 0.6) is 0 Å². The number of nitrogens with two attached hydrogens (primary N) is 1. The fraction of sp³-hybridized carbons (Fsp3) is 0.118. The second kappa shape index (κ2) is 5.82. The number of benzene rings is 2. The van der Waals surface area contributed by atoms with Gasteiger partial charge in [-0.1, -0.05) is 42.5 Å². The third-order valence-corrected chi connectivity index (χ3v) is 3.54. The fourth-order valence-electron chi connectivity index (χ4n) is 2.45. The minimum absolute atomic E-state index is 0.0869. The predicted octanol–water partition coefficient (Wildman–Crippen LogP) is 2.98. The summed E-state index contributed by atoms with van der Waals surface area (Å²) in [6, 6.07) is 18.9. The highest BCUT2D eigenvalue weighted by Gasteiger charge is 2.11. The first kappa shape index (κ1) is 12.8. The van der Waals surface area contributed by atoms with E-state index in [0.29, 0.717) is 0 Å². The van der Waals surface area contributed by atoms with Crippen LogP contribution in [0.2, 0.25) is 0 Å². The van der Waals surface area contributed by atoms with Gasteiger partial charge < -0.3 is 0 Å². The summed E-state index contributed by atoms with van der Waals surface area (Å²) in [4.78, 5) is 4.15. The first-order valence-corrected chi connectivity index (χ1v) is 6.70. The van der Waals surface area contributed by atoms with E-state index in [1.54, 1.807) is 6.20 Å². The molecule has 20 heavy (non-hydrogen) atoms. The first-order chi connectivity index (χ1) is 9.86. The van der Waals surface area contributed by atoms with Crippen molar-refractivity contribution in [3.05, 3.63) is 78.1 Å². The molecule has 1 atom stereocenters. The van der Waals surface area contributed by atoms with Crippen molar-refractivity contribution in [2.24, 2.45) is 5.84 Å². The zero-order chi connectivity index (χ0) is 13.8. The number of hydrazine groups is 1. The van der Waals surface area contributed by atoms with Gasteiger partial charge in [0.25, 0.3) is 0 Å². The summed E-state index contributed by atoms with van der Waals surface area (Å²) < 4.78 is 0. The van der Waals surface area contributed by atoms with Gasteiger partial charge >= 0.3 is 0 Å². The zero-order valence-corrected chi connectivity index (χ0v) is 11.2. The molecule has 3 nitrogen and oxygen atoms in total. The minimum Gasteiger partial charge on any atom is -0.271 e. The van der Waals surface area contributed by atoms with E-state index in [4.69, 9.17) is 5.84 Å². The summed E-state index contributed by atoms with van der Waals surface area (Å²) in [5, 5.41) is 2.48. The molecule has 0 amide bonds. The lowest BCUT2D eigenvalue weighted by Gasteiger charge is -2.17. The number of nitrogens with one attached hydrogen (secondary N) is 1. The molecule has 0 spiro atoms. The van der Waals surface area contributed by atoms with Crippen LogP contribution in [-0.2, 0) is 6.42 Å². The fourth-order valence-corrected chi connectivity index (χ4v) is 2.45. The number of hydrogen-bond acceptors (Lipinski definition) is 3.